The van der Waals surface area contributed by atoms with Gasteiger partial charge in [0, 0.05) is 27.5 Å². The summed E-state index contributed by atoms with van der Waals surface area (Å²) in [5.41, 5.74) is 9.08. The van der Waals surface area contributed by atoms with E-state index in [0.717, 1.165) is 55.1 Å². The van der Waals surface area contributed by atoms with Gasteiger partial charge in [0.2, 0.25) is 0 Å². The highest BCUT2D eigenvalue weighted by Crippen LogP contribution is 2.40. The highest BCUT2D eigenvalue weighted by atomic mass is 16.3. The Hall–Kier alpha value is -6.91. The Morgan fingerprint density at radius 1 is 0.314 bits per heavy atom. The summed E-state index contributed by atoms with van der Waals surface area (Å²) >= 11 is 0. The molecule has 0 aliphatic heterocycles. The SMILES string of the molecule is c1ccc(-c2ccc(-c3ccc(-c4nc(-c5ccccc5)nc(-c5cccc6oc7cc8ccc9ccccc9c8cc7c56)n4)cc3)cc2)cc1. The smallest absolute Gasteiger partial charge is 0.164 e. The third-order valence-electron chi connectivity index (χ3n) is 9.74. The van der Waals surface area contributed by atoms with Crippen LogP contribution in [0.5, 0.6) is 0 Å². The minimum atomic E-state index is 0.603. The Morgan fingerprint density at radius 3 is 1.53 bits per heavy atom. The molecule has 0 radical (unpaired) electrons. The molecule has 0 spiro atoms. The Morgan fingerprint density at radius 2 is 0.843 bits per heavy atom. The second kappa shape index (κ2) is 11.9. The van der Waals surface area contributed by atoms with Crippen molar-refractivity contribution < 1.29 is 4.42 Å². The van der Waals surface area contributed by atoms with E-state index in [1.165, 1.54) is 27.3 Å². The highest BCUT2D eigenvalue weighted by Gasteiger charge is 2.19. The summed E-state index contributed by atoms with van der Waals surface area (Å²) in [5, 5.41) is 6.79. The molecule has 0 unspecified atom stereocenters. The number of aromatic nitrogens is 3. The molecule has 0 N–H and O–H groups in total. The lowest BCUT2D eigenvalue weighted by Gasteiger charge is -2.10. The van der Waals surface area contributed by atoms with Crippen LogP contribution in [0.4, 0.5) is 0 Å². The largest absolute Gasteiger partial charge is 0.456 e. The summed E-state index contributed by atoms with van der Waals surface area (Å²) < 4.78 is 6.48. The predicted molar refractivity (Wildman–Crippen MR) is 209 cm³/mol. The van der Waals surface area contributed by atoms with Crippen LogP contribution in [0, 0.1) is 0 Å². The normalized spacial score (nSPS) is 11.5. The van der Waals surface area contributed by atoms with E-state index in [2.05, 4.69) is 127 Å². The average Bonchev–Trinajstić information content (AvgIpc) is 3.58. The van der Waals surface area contributed by atoms with E-state index in [9.17, 15) is 0 Å². The first-order valence-corrected chi connectivity index (χ1v) is 17.1. The molecule has 0 saturated heterocycles. The summed E-state index contributed by atoms with van der Waals surface area (Å²) in [5.74, 6) is 1.84. The molecule has 8 aromatic carbocycles. The molecule has 0 atom stereocenters. The van der Waals surface area contributed by atoms with Gasteiger partial charge in [-0.1, -0.05) is 158 Å². The van der Waals surface area contributed by atoms with Gasteiger partial charge in [0.25, 0.3) is 0 Å². The van der Waals surface area contributed by atoms with Gasteiger partial charge in [-0.15, -0.1) is 0 Å². The fraction of sp³-hybridized carbons (Fsp3) is 0. The molecule has 51 heavy (non-hydrogen) atoms. The second-order valence-electron chi connectivity index (χ2n) is 12.8. The molecule has 4 heteroatoms. The van der Waals surface area contributed by atoms with Crippen molar-refractivity contribution >= 4 is 43.5 Å². The van der Waals surface area contributed by atoms with Gasteiger partial charge in [-0.3, -0.25) is 0 Å². The van der Waals surface area contributed by atoms with Gasteiger partial charge in [0.05, 0.1) is 0 Å². The number of furan rings is 1. The Bertz CT molecular complexity index is 2880. The van der Waals surface area contributed by atoms with Crippen molar-refractivity contribution in [2.75, 3.05) is 0 Å². The number of fused-ring (bicyclic) bond motifs is 6. The van der Waals surface area contributed by atoms with Crippen LogP contribution in [0.2, 0.25) is 0 Å². The third kappa shape index (κ3) is 5.13. The number of hydrogen-bond donors (Lipinski definition) is 0. The van der Waals surface area contributed by atoms with E-state index in [-0.39, 0.29) is 0 Å². The van der Waals surface area contributed by atoms with Crippen LogP contribution in [-0.2, 0) is 0 Å². The summed E-state index contributed by atoms with van der Waals surface area (Å²) in [6.07, 6.45) is 0. The Balaban J connectivity index is 1.11. The zero-order chi connectivity index (χ0) is 33.7. The number of hydrogen-bond acceptors (Lipinski definition) is 4. The summed E-state index contributed by atoms with van der Waals surface area (Å²) in [6.45, 7) is 0. The van der Waals surface area contributed by atoms with Gasteiger partial charge in [0.1, 0.15) is 11.2 Å². The lowest BCUT2D eigenvalue weighted by molar-refractivity contribution is 0.669. The highest BCUT2D eigenvalue weighted by molar-refractivity contribution is 6.19. The molecule has 10 aromatic rings. The maximum absolute atomic E-state index is 6.48. The second-order valence-corrected chi connectivity index (χ2v) is 12.8. The topological polar surface area (TPSA) is 51.8 Å². The van der Waals surface area contributed by atoms with Crippen LogP contribution in [-0.4, -0.2) is 15.0 Å². The molecule has 0 saturated carbocycles. The lowest BCUT2D eigenvalue weighted by atomic mass is 9.98. The molecule has 0 amide bonds. The fourth-order valence-corrected chi connectivity index (χ4v) is 7.15. The van der Waals surface area contributed by atoms with Crippen LogP contribution < -0.4 is 0 Å². The van der Waals surface area contributed by atoms with Crippen molar-refractivity contribution in [2.24, 2.45) is 0 Å². The fourth-order valence-electron chi connectivity index (χ4n) is 7.15. The van der Waals surface area contributed by atoms with Crippen LogP contribution in [0.1, 0.15) is 0 Å². The lowest BCUT2D eigenvalue weighted by Crippen LogP contribution is -2.00. The zero-order valence-electron chi connectivity index (χ0n) is 27.5. The number of nitrogens with zero attached hydrogens (tertiary/aromatic N) is 3. The number of rotatable bonds is 5. The van der Waals surface area contributed by atoms with E-state index < -0.39 is 0 Å². The first-order valence-electron chi connectivity index (χ1n) is 17.1. The molecule has 0 aliphatic rings. The number of benzene rings is 8. The maximum atomic E-state index is 6.48. The van der Waals surface area contributed by atoms with Gasteiger partial charge in [0.15, 0.2) is 17.5 Å². The standard InChI is InChI=1S/C47H29N3O/c1-3-10-30(11-4-1)31-18-20-32(21-19-31)33-22-25-36(26-23-33)46-48-45(35-13-5-2-6-14-35)49-47(50-46)39-16-9-17-42-44(39)41-29-40-37(28-43(41)51-42)27-24-34-12-7-8-15-38(34)40/h1-29H. The van der Waals surface area contributed by atoms with Gasteiger partial charge < -0.3 is 4.42 Å². The molecule has 10 rings (SSSR count). The average molecular weight is 652 g/mol. The van der Waals surface area contributed by atoms with E-state index >= 15 is 0 Å². The molecule has 2 aromatic heterocycles. The predicted octanol–water partition coefficient (Wildman–Crippen LogP) is 12.4. The van der Waals surface area contributed by atoms with Crippen LogP contribution in [0.25, 0.3) is 99.9 Å². The molecule has 238 valence electrons. The molecule has 0 fully saturated rings. The molecule has 4 nitrogen and oxygen atoms in total. The van der Waals surface area contributed by atoms with E-state index in [0.29, 0.717) is 17.5 Å². The van der Waals surface area contributed by atoms with Crippen molar-refractivity contribution in [2.45, 2.75) is 0 Å². The van der Waals surface area contributed by atoms with E-state index in [4.69, 9.17) is 19.4 Å². The van der Waals surface area contributed by atoms with Crippen LogP contribution in [0.15, 0.2) is 180 Å². The molecule has 0 bridgehead atoms. The molecular weight excluding hydrogens is 623 g/mol. The summed E-state index contributed by atoms with van der Waals surface area (Å²) in [7, 11) is 0. The van der Waals surface area contributed by atoms with Crippen molar-refractivity contribution in [3.63, 3.8) is 0 Å². The Labute approximate surface area is 294 Å². The summed E-state index contributed by atoms with van der Waals surface area (Å²) in [4.78, 5) is 15.2. The van der Waals surface area contributed by atoms with Crippen molar-refractivity contribution in [3.8, 4) is 56.4 Å². The first-order chi connectivity index (χ1) is 25.2. The van der Waals surface area contributed by atoms with E-state index in [1.54, 1.807) is 0 Å². The van der Waals surface area contributed by atoms with Gasteiger partial charge >= 0.3 is 0 Å². The quantitative estimate of drug-likeness (QED) is 0.174. The minimum Gasteiger partial charge on any atom is -0.456 e. The van der Waals surface area contributed by atoms with Crippen molar-refractivity contribution in [1.29, 1.82) is 0 Å². The van der Waals surface area contributed by atoms with Gasteiger partial charge in [-0.05, 0) is 62.0 Å². The molecule has 2 heterocycles. The van der Waals surface area contributed by atoms with Crippen LogP contribution >= 0.6 is 0 Å². The third-order valence-corrected chi connectivity index (χ3v) is 9.74. The van der Waals surface area contributed by atoms with Crippen molar-refractivity contribution in [3.05, 3.63) is 176 Å². The minimum absolute atomic E-state index is 0.603. The van der Waals surface area contributed by atoms with E-state index in [1.807, 2.05) is 48.5 Å². The van der Waals surface area contributed by atoms with Crippen molar-refractivity contribution in [1.82, 2.24) is 15.0 Å². The monoisotopic (exact) mass is 651 g/mol. The summed E-state index contributed by atoms with van der Waals surface area (Å²) in [6, 6.07) is 61.1. The zero-order valence-corrected chi connectivity index (χ0v) is 27.5. The van der Waals surface area contributed by atoms with Crippen LogP contribution in [0.3, 0.4) is 0 Å². The van der Waals surface area contributed by atoms with Gasteiger partial charge in [-0.25, -0.2) is 15.0 Å². The molecular formula is C47H29N3O. The maximum Gasteiger partial charge on any atom is 0.164 e. The first kappa shape index (κ1) is 29.0. The Kier molecular flexibility index (Phi) is 6.78. The molecule has 0 aliphatic carbocycles. The van der Waals surface area contributed by atoms with Gasteiger partial charge in [-0.2, -0.15) is 0 Å².